The summed E-state index contributed by atoms with van der Waals surface area (Å²) in [5, 5.41) is 11.4. The highest BCUT2D eigenvalue weighted by Gasteiger charge is 2.45. The summed E-state index contributed by atoms with van der Waals surface area (Å²) in [4.78, 5) is 35.7. The highest BCUT2D eigenvalue weighted by Crippen LogP contribution is 2.43. The molecule has 0 saturated heterocycles. The lowest BCUT2D eigenvalue weighted by Gasteiger charge is -2.20. The Morgan fingerprint density at radius 2 is 1.80 bits per heavy atom. The van der Waals surface area contributed by atoms with Gasteiger partial charge in [-0.1, -0.05) is 48.5 Å². The molecule has 1 aliphatic rings. The topological polar surface area (TPSA) is 107 Å². The largest absolute Gasteiger partial charge is 0.350 e. The minimum atomic E-state index is -0.763. The summed E-state index contributed by atoms with van der Waals surface area (Å²) in [6.45, 7) is 4.14. The van der Waals surface area contributed by atoms with E-state index in [4.69, 9.17) is 4.98 Å². The number of carbonyl (C=O) groups is 2. The van der Waals surface area contributed by atoms with Crippen LogP contribution in [-0.4, -0.2) is 38.5 Å². The van der Waals surface area contributed by atoms with Crippen molar-refractivity contribution in [3.05, 3.63) is 77.9 Å². The van der Waals surface area contributed by atoms with Crippen LogP contribution >= 0.6 is 0 Å². The fourth-order valence-electron chi connectivity index (χ4n) is 4.74. The number of rotatable bonds is 5. The van der Waals surface area contributed by atoms with Crippen LogP contribution in [0.25, 0.3) is 33.5 Å². The van der Waals surface area contributed by atoms with Crippen molar-refractivity contribution in [1.82, 2.24) is 25.5 Å². The normalized spacial score (nSPS) is 14.6. The summed E-state index contributed by atoms with van der Waals surface area (Å²) in [6, 6.07) is 21.4. The first-order valence-corrected chi connectivity index (χ1v) is 11.5. The molecule has 0 atom stereocenters. The number of nitrogens with one attached hydrogen (secondary N) is 3. The first-order valence-electron chi connectivity index (χ1n) is 11.5. The third kappa shape index (κ3) is 3.45. The second kappa shape index (κ2) is 7.80. The van der Waals surface area contributed by atoms with Crippen molar-refractivity contribution in [2.45, 2.75) is 25.8 Å². The van der Waals surface area contributed by atoms with E-state index in [0.717, 1.165) is 44.4 Å². The Bertz CT molecular complexity index is 1600. The number of carbonyl (C=O) groups excluding carboxylic acids is 2. The van der Waals surface area contributed by atoms with Gasteiger partial charge < -0.3 is 15.2 Å². The minimum absolute atomic E-state index is 0.0431. The van der Waals surface area contributed by atoms with E-state index in [0.29, 0.717) is 12.4 Å². The molecule has 0 aliphatic carbocycles. The van der Waals surface area contributed by atoms with Crippen molar-refractivity contribution in [3.63, 3.8) is 0 Å². The van der Waals surface area contributed by atoms with E-state index in [-0.39, 0.29) is 18.4 Å². The molecule has 0 fully saturated rings. The number of fused-ring (bicyclic) bond motifs is 3. The average Bonchev–Trinajstić information content (AvgIpc) is 3.52. The lowest BCUT2D eigenvalue weighted by atomic mass is 9.86. The lowest BCUT2D eigenvalue weighted by Crippen LogP contribution is -2.42. The van der Waals surface area contributed by atoms with Crippen LogP contribution < -0.4 is 10.2 Å². The SMILES string of the molecule is CC1(C)C(=O)N(CC(=O)NCc2ccccc2)c2cc3[nH]c(-c4n[nH]c5ccccc45)nc3cc21. The van der Waals surface area contributed by atoms with Crippen molar-refractivity contribution >= 4 is 39.4 Å². The molecule has 8 heteroatoms. The van der Waals surface area contributed by atoms with Gasteiger partial charge in [0.15, 0.2) is 5.82 Å². The van der Waals surface area contributed by atoms with Gasteiger partial charge in [-0.3, -0.25) is 14.7 Å². The maximum absolute atomic E-state index is 13.3. The smallest absolute Gasteiger partial charge is 0.240 e. The van der Waals surface area contributed by atoms with E-state index in [1.807, 2.05) is 80.6 Å². The van der Waals surface area contributed by atoms with Gasteiger partial charge in [0.05, 0.1) is 27.7 Å². The van der Waals surface area contributed by atoms with Crippen molar-refractivity contribution in [2.75, 3.05) is 11.4 Å². The quantitative estimate of drug-likeness (QED) is 0.365. The van der Waals surface area contributed by atoms with Crippen molar-refractivity contribution in [1.29, 1.82) is 0 Å². The number of para-hydroxylation sites is 1. The van der Waals surface area contributed by atoms with Crippen LogP contribution in [0.4, 0.5) is 5.69 Å². The Balaban J connectivity index is 1.33. The van der Waals surface area contributed by atoms with Gasteiger partial charge in [-0.2, -0.15) is 5.10 Å². The molecule has 0 unspecified atom stereocenters. The van der Waals surface area contributed by atoms with Crippen LogP contribution in [0.3, 0.4) is 0 Å². The standard InChI is InChI=1S/C27H24N6O2/c1-27(2)18-12-20-21(30-25(29-20)24-17-10-6-7-11-19(17)31-32-24)13-22(18)33(26(27)35)15-23(34)28-14-16-8-4-3-5-9-16/h3-13H,14-15H2,1-2H3,(H,28,34)(H,29,30)(H,31,32). The zero-order valence-corrected chi connectivity index (χ0v) is 19.4. The second-order valence-corrected chi connectivity index (χ2v) is 9.37. The third-order valence-electron chi connectivity index (χ3n) is 6.67. The van der Waals surface area contributed by atoms with E-state index in [1.54, 1.807) is 4.90 Å². The Morgan fingerprint density at radius 3 is 2.63 bits per heavy atom. The first kappa shape index (κ1) is 21.1. The fourth-order valence-corrected chi connectivity index (χ4v) is 4.74. The number of hydrogen-bond donors (Lipinski definition) is 3. The maximum Gasteiger partial charge on any atom is 0.240 e. The van der Waals surface area contributed by atoms with Gasteiger partial charge in [0.25, 0.3) is 0 Å². The summed E-state index contributed by atoms with van der Waals surface area (Å²) in [7, 11) is 0. The molecule has 174 valence electrons. The van der Waals surface area contributed by atoms with Gasteiger partial charge in [0.1, 0.15) is 12.2 Å². The van der Waals surface area contributed by atoms with Gasteiger partial charge in [-0.05, 0) is 43.2 Å². The Hall–Kier alpha value is -4.46. The molecule has 2 aromatic heterocycles. The number of anilines is 1. The molecule has 0 bridgehead atoms. The average molecular weight is 465 g/mol. The van der Waals surface area contributed by atoms with Gasteiger partial charge in [0.2, 0.25) is 11.8 Å². The molecule has 2 amide bonds. The molecule has 0 spiro atoms. The molecule has 35 heavy (non-hydrogen) atoms. The van der Waals surface area contributed by atoms with Crippen LogP contribution in [0.15, 0.2) is 66.7 Å². The van der Waals surface area contributed by atoms with Gasteiger partial charge >= 0.3 is 0 Å². The highest BCUT2D eigenvalue weighted by molar-refractivity contribution is 6.12. The highest BCUT2D eigenvalue weighted by atomic mass is 16.2. The van der Waals surface area contributed by atoms with Gasteiger partial charge in [-0.25, -0.2) is 4.98 Å². The minimum Gasteiger partial charge on any atom is -0.350 e. The molecule has 6 rings (SSSR count). The predicted octanol–water partition coefficient (Wildman–Crippen LogP) is 4.05. The maximum atomic E-state index is 13.3. The van der Waals surface area contributed by atoms with E-state index >= 15 is 0 Å². The lowest BCUT2D eigenvalue weighted by molar-refractivity contribution is -0.125. The molecule has 3 aromatic carbocycles. The number of aromatic amines is 2. The Kier molecular flexibility index (Phi) is 4.70. The summed E-state index contributed by atoms with van der Waals surface area (Å²) >= 11 is 0. The van der Waals surface area contributed by atoms with Gasteiger partial charge in [0, 0.05) is 11.9 Å². The molecular formula is C27H24N6O2. The fraction of sp³-hybridized carbons (Fsp3) is 0.185. The van der Waals surface area contributed by atoms with E-state index < -0.39 is 5.41 Å². The van der Waals surface area contributed by atoms with Crippen molar-refractivity contribution in [3.8, 4) is 11.5 Å². The zero-order valence-electron chi connectivity index (χ0n) is 19.4. The molecule has 3 heterocycles. The summed E-state index contributed by atoms with van der Waals surface area (Å²) < 4.78 is 0. The molecule has 1 aliphatic heterocycles. The summed E-state index contributed by atoms with van der Waals surface area (Å²) in [5.74, 6) is 0.338. The summed E-state index contributed by atoms with van der Waals surface area (Å²) in [6.07, 6.45) is 0. The number of amides is 2. The van der Waals surface area contributed by atoms with Crippen LogP contribution in [0.5, 0.6) is 0 Å². The van der Waals surface area contributed by atoms with Crippen molar-refractivity contribution in [2.24, 2.45) is 0 Å². The molecule has 8 nitrogen and oxygen atoms in total. The molecular weight excluding hydrogens is 440 g/mol. The van der Waals surface area contributed by atoms with E-state index in [1.165, 1.54) is 0 Å². The Labute approximate surface area is 201 Å². The van der Waals surface area contributed by atoms with E-state index in [9.17, 15) is 9.59 Å². The number of hydrogen-bond acceptors (Lipinski definition) is 4. The van der Waals surface area contributed by atoms with Crippen LogP contribution in [-0.2, 0) is 21.5 Å². The number of aromatic nitrogens is 4. The van der Waals surface area contributed by atoms with Crippen molar-refractivity contribution < 1.29 is 9.59 Å². The molecule has 5 aromatic rings. The monoisotopic (exact) mass is 464 g/mol. The predicted molar refractivity (Wildman–Crippen MR) is 135 cm³/mol. The van der Waals surface area contributed by atoms with Crippen LogP contribution in [0.1, 0.15) is 25.0 Å². The number of nitrogens with zero attached hydrogens (tertiary/aromatic N) is 3. The van der Waals surface area contributed by atoms with E-state index in [2.05, 4.69) is 20.5 Å². The summed E-state index contributed by atoms with van der Waals surface area (Å²) in [5.41, 5.74) is 5.04. The molecule has 0 radical (unpaired) electrons. The molecule has 3 N–H and O–H groups in total. The Morgan fingerprint density at radius 1 is 1.03 bits per heavy atom. The first-order chi connectivity index (χ1) is 16.9. The van der Waals surface area contributed by atoms with Crippen LogP contribution in [0, 0.1) is 0 Å². The number of benzene rings is 3. The number of imidazole rings is 1. The zero-order chi connectivity index (χ0) is 24.2. The third-order valence-corrected chi connectivity index (χ3v) is 6.67. The molecule has 0 saturated carbocycles. The van der Waals surface area contributed by atoms with Gasteiger partial charge in [-0.15, -0.1) is 0 Å². The number of H-pyrrole nitrogens is 2. The van der Waals surface area contributed by atoms with Crippen LogP contribution in [0.2, 0.25) is 0 Å². The second-order valence-electron chi connectivity index (χ2n) is 9.37.